The number of hydrogen-bond acceptors (Lipinski definition) is 5. The fourth-order valence-electron chi connectivity index (χ4n) is 1.52. The molecule has 2 aromatic rings. The molecule has 0 fully saturated rings. The number of benzene rings is 1. The van der Waals surface area contributed by atoms with Gasteiger partial charge in [0, 0.05) is 5.56 Å². The summed E-state index contributed by atoms with van der Waals surface area (Å²) in [5, 5.41) is 9.98. The lowest BCUT2D eigenvalue weighted by atomic mass is 10.2. The monoisotopic (exact) mass is 329 g/mol. The third kappa shape index (κ3) is 2.50. The highest BCUT2D eigenvalue weighted by atomic mass is 79.9. The zero-order chi connectivity index (χ0) is 13.1. The highest BCUT2D eigenvalue weighted by molar-refractivity contribution is 9.10. The minimum absolute atomic E-state index is 0.0223. The van der Waals surface area contributed by atoms with E-state index in [1.807, 2.05) is 18.2 Å². The molecule has 0 bridgehead atoms. The first-order valence-electron chi connectivity index (χ1n) is 5.18. The van der Waals surface area contributed by atoms with Gasteiger partial charge >= 0.3 is 0 Å². The molecule has 1 aromatic carbocycles. The summed E-state index contributed by atoms with van der Waals surface area (Å²) < 4.78 is 11.1. The highest BCUT2D eigenvalue weighted by Crippen LogP contribution is 2.36. The number of aliphatic hydroxyl groups excluding tert-OH is 1. The maximum atomic E-state index is 9.16. The lowest BCUT2D eigenvalue weighted by molar-refractivity contribution is 0.284. The second kappa shape index (κ2) is 5.69. The first-order chi connectivity index (χ1) is 8.69. The Hall–Kier alpha value is -1.11. The summed E-state index contributed by atoms with van der Waals surface area (Å²) in [5.74, 6) is 1.34. The Balaban J connectivity index is 2.44. The van der Waals surface area contributed by atoms with Gasteiger partial charge in [-0.3, -0.25) is 0 Å². The third-order valence-corrected chi connectivity index (χ3v) is 4.43. The Morgan fingerprint density at radius 1 is 1.28 bits per heavy atom. The number of ether oxygens (including phenoxy) is 2. The number of aromatic nitrogens is 1. The molecule has 0 aliphatic rings. The van der Waals surface area contributed by atoms with E-state index in [-0.39, 0.29) is 6.61 Å². The molecule has 0 amide bonds. The molecule has 2 rings (SSSR count). The van der Waals surface area contributed by atoms with E-state index in [2.05, 4.69) is 20.9 Å². The molecule has 0 radical (unpaired) electrons. The van der Waals surface area contributed by atoms with Crippen LogP contribution in [0.4, 0.5) is 0 Å². The van der Waals surface area contributed by atoms with Crippen molar-refractivity contribution in [3.8, 4) is 22.1 Å². The van der Waals surface area contributed by atoms with Gasteiger partial charge in [0.1, 0.15) is 9.61 Å². The summed E-state index contributed by atoms with van der Waals surface area (Å²) in [6, 6.07) is 5.61. The maximum absolute atomic E-state index is 9.16. The van der Waals surface area contributed by atoms with Crippen molar-refractivity contribution >= 4 is 27.3 Å². The molecule has 0 saturated heterocycles. The molecule has 0 atom stereocenters. The average molecular weight is 330 g/mol. The molecule has 0 unspecified atom stereocenters. The largest absolute Gasteiger partial charge is 0.493 e. The number of methoxy groups -OCH3 is 2. The molecular formula is C12H12BrNO3S. The van der Waals surface area contributed by atoms with Crippen molar-refractivity contribution in [3.05, 3.63) is 27.7 Å². The quantitative estimate of drug-likeness (QED) is 0.936. The summed E-state index contributed by atoms with van der Waals surface area (Å²) >= 11 is 4.76. The number of thiazole rings is 1. The van der Waals surface area contributed by atoms with Gasteiger partial charge in [0.2, 0.25) is 0 Å². The van der Waals surface area contributed by atoms with Crippen LogP contribution in [0.1, 0.15) is 4.88 Å². The van der Waals surface area contributed by atoms with Gasteiger partial charge in [0.05, 0.1) is 25.7 Å². The number of aliphatic hydroxyl groups is 1. The second-order valence-electron chi connectivity index (χ2n) is 3.46. The van der Waals surface area contributed by atoms with Crippen molar-refractivity contribution in [1.82, 2.24) is 4.98 Å². The molecule has 0 aliphatic carbocycles. The predicted octanol–water partition coefficient (Wildman–Crippen LogP) is 3.08. The van der Waals surface area contributed by atoms with Crippen LogP contribution in [-0.2, 0) is 6.61 Å². The number of rotatable bonds is 4. The molecule has 4 nitrogen and oxygen atoms in total. The Morgan fingerprint density at radius 2 is 2.00 bits per heavy atom. The Labute approximate surface area is 117 Å². The third-order valence-electron chi connectivity index (χ3n) is 2.42. The fourth-order valence-corrected chi connectivity index (χ4v) is 3.00. The van der Waals surface area contributed by atoms with Gasteiger partial charge in [0.25, 0.3) is 0 Å². The molecule has 0 saturated carbocycles. The van der Waals surface area contributed by atoms with E-state index in [1.54, 1.807) is 14.2 Å². The van der Waals surface area contributed by atoms with Crippen LogP contribution in [0.25, 0.3) is 10.6 Å². The summed E-state index contributed by atoms with van der Waals surface area (Å²) in [6.07, 6.45) is 0. The number of halogens is 1. The van der Waals surface area contributed by atoms with Crippen molar-refractivity contribution in [2.45, 2.75) is 6.61 Å². The van der Waals surface area contributed by atoms with E-state index < -0.39 is 0 Å². The zero-order valence-electron chi connectivity index (χ0n) is 9.94. The maximum Gasteiger partial charge on any atom is 0.161 e. The second-order valence-corrected chi connectivity index (χ2v) is 5.30. The van der Waals surface area contributed by atoms with Crippen LogP contribution in [0.3, 0.4) is 0 Å². The van der Waals surface area contributed by atoms with Crippen molar-refractivity contribution < 1.29 is 14.6 Å². The van der Waals surface area contributed by atoms with Gasteiger partial charge in [0.15, 0.2) is 11.5 Å². The van der Waals surface area contributed by atoms with Crippen molar-refractivity contribution in [3.63, 3.8) is 0 Å². The van der Waals surface area contributed by atoms with Crippen molar-refractivity contribution in [2.75, 3.05) is 14.2 Å². The molecule has 0 spiro atoms. The van der Waals surface area contributed by atoms with Crippen molar-refractivity contribution in [1.29, 1.82) is 0 Å². The Bertz CT molecular complexity index is 556. The molecule has 1 N–H and O–H groups in total. The highest BCUT2D eigenvalue weighted by Gasteiger charge is 2.12. The van der Waals surface area contributed by atoms with Gasteiger partial charge in [-0.15, -0.1) is 11.3 Å². The summed E-state index contributed by atoms with van der Waals surface area (Å²) in [5.41, 5.74) is 0.929. The molecule has 0 aliphatic heterocycles. The van der Waals surface area contributed by atoms with Crippen LogP contribution in [0.5, 0.6) is 11.5 Å². The lowest BCUT2D eigenvalue weighted by Crippen LogP contribution is -1.90. The summed E-state index contributed by atoms with van der Waals surface area (Å²) in [6.45, 7) is -0.0223. The molecular weight excluding hydrogens is 318 g/mol. The normalized spacial score (nSPS) is 10.4. The van der Waals surface area contributed by atoms with Crippen LogP contribution < -0.4 is 9.47 Å². The first kappa shape index (κ1) is 13.3. The van der Waals surface area contributed by atoms with E-state index in [4.69, 9.17) is 14.6 Å². The molecule has 1 aromatic heterocycles. The molecule has 1 heterocycles. The van der Waals surface area contributed by atoms with Crippen molar-refractivity contribution in [2.24, 2.45) is 0 Å². The Morgan fingerprint density at radius 3 is 2.56 bits per heavy atom. The van der Waals surface area contributed by atoms with Gasteiger partial charge in [-0.05, 0) is 34.1 Å². The van der Waals surface area contributed by atoms with Gasteiger partial charge < -0.3 is 14.6 Å². The van der Waals surface area contributed by atoms with Crippen LogP contribution in [0.2, 0.25) is 0 Å². The SMILES string of the molecule is COc1ccc(-c2nc(Br)c(CO)s2)cc1OC. The van der Waals surface area contributed by atoms with Gasteiger partial charge in [-0.2, -0.15) is 0 Å². The van der Waals surface area contributed by atoms with Crippen LogP contribution in [0.15, 0.2) is 22.8 Å². The number of nitrogens with zero attached hydrogens (tertiary/aromatic N) is 1. The lowest BCUT2D eigenvalue weighted by Gasteiger charge is -2.08. The van der Waals surface area contributed by atoms with E-state index in [0.29, 0.717) is 16.1 Å². The summed E-state index contributed by atoms with van der Waals surface area (Å²) in [4.78, 5) is 5.17. The predicted molar refractivity (Wildman–Crippen MR) is 74.3 cm³/mol. The van der Waals surface area contributed by atoms with Gasteiger partial charge in [-0.25, -0.2) is 4.98 Å². The van der Waals surface area contributed by atoms with Crippen LogP contribution >= 0.6 is 27.3 Å². The average Bonchev–Trinajstić information content (AvgIpc) is 2.79. The van der Waals surface area contributed by atoms with Gasteiger partial charge in [-0.1, -0.05) is 0 Å². The van der Waals surface area contributed by atoms with E-state index in [9.17, 15) is 0 Å². The zero-order valence-corrected chi connectivity index (χ0v) is 12.3. The molecule has 96 valence electrons. The topological polar surface area (TPSA) is 51.6 Å². The first-order valence-corrected chi connectivity index (χ1v) is 6.79. The van der Waals surface area contributed by atoms with Crippen LogP contribution in [0, 0.1) is 0 Å². The minimum atomic E-state index is -0.0223. The van der Waals surface area contributed by atoms with E-state index in [0.717, 1.165) is 15.4 Å². The molecule has 6 heteroatoms. The number of hydrogen-bond donors (Lipinski definition) is 1. The standard InChI is InChI=1S/C12H12BrNO3S/c1-16-8-4-3-7(5-9(8)17-2)12-14-11(13)10(6-15)18-12/h3-5,15H,6H2,1-2H3. The smallest absolute Gasteiger partial charge is 0.161 e. The molecule has 18 heavy (non-hydrogen) atoms. The Kier molecular flexibility index (Phi) is 4.21. The van der Waals surface area contributed by atoms with Crippen LogP contribution in [-0.4, -0.2) is 24.3 Å². The fraction of sp³-hybridized carbons (Fsp3) is 0.250. The van der Waals surface area contributed by atoms with E-state index >= 15 is 0 Å². The summed E-state index contributed by atoms with van der Waals surface area (Å²) in [7, 11) is 3.19. The van der Waals surface area contributed by atoms with E-state index in [1.165, 1.54) is 11.3 Å². The minimum Gasteiger partial charge on any atom is -0.493 e.